The summed E-state index contributed by atoms with van der Waals surface area (Å²) in [5.74, 6) is 5.95. The molecule has 0 aromatic carbocycles. The van der Waals surface area contributed by atoms with Crippen molar-refractivity contribution in [2.75, 3.05) is 19.7 Å². The van der Waals surface area contributed by atoms with Gasteiger partial charge in [-0.2, -0.15) is 0 Å². The van der Waals surface area contributed by atoms with Crippen molar-refractivity contribution in [2.24, 2.45) is 0 Å². The molecule has 0 radical (unpaired) electrons. The van der Waals surface area contributed by atoms with Crippen LogP contribution >= 0.6 is 0 Å². The molecule has 5 nitrogen and oxygen atoms in total. The van der Waals surface area contributed by atoms with Gasteiger partial charge < -0.3 is 9.30 Å². The highest BCUT2D eigenvalue weighted by atomic mass is 16.6. The summed E-state index contributed by atoms with van der Waals surface area (Å²) in [6.45, 7) is 4.13. The van der Waals surface area contributed by atoms with E-state index in [0.717, 1.165) is 5.69 Å². The van der Waals surface area contributed by atoms with E-state index in [0.29, 0.717) is 26.2 Å². The summed E-state index contributed by atoms with van der Waals surface area (Å²) in [6, 6.07) is 0. The van der Waals surface area contributed by atoms with Crippen LogP contribution in [0.15, 0.2) is 12.5 Å². The first-order valence-corrected chi connectivity index (χ1v) is 5.11. The molecule has 0 bridgehead atoms. The van der Waals surface area contributed by atoms with Crippen LogP contribution in [0, 0.1) is 18.8 Å². The Morgan fingerprint density at radius 3 is 2.94 bits per heavy atom. The smallest absolute Gasteiger partial charge is 0.410 e. The molecule has 1 aliphatic heterocycles. The number of aromatic nitrogens is 2. The molecule has 16 heavy (non-hydrogen) atoms. The van der Waals surface area contributed by atoms with Gasteiger partial charge >= 0.3 is 6.09 Å². The fraction of sp³-hybridized carbons (Fsp3) is 0.455. The molecule has 0 N–H and O–H groups in total. The van der Waals surface area contributed by atoms with Crippen LogP contribution in [0.5, 0.6) is 0 Å². The number of carbonyl (C=O) groups is 1. The maximum Gasteiger partial charge on any atom is 0.410 e. The number of hydrogen-bond acceptors (Lipinski definition) is 3. The van der Waals surface area contributed by atoms with Gasteiger partial charge in [-0.25, -0.2) is 9.78 Å². The molecule has 0 unspecified atom stereocenters. The zero-order valence-electron chi connectivity index (χ0n) is 9.14. The normalized spacial score (nSPS) is 14.6. The summed E-state index contributed by atoms with van der Waals surface area (Å²) in [5.41, 5.74) is 1.08. The zero-order chi connectivity index (χ0) is 11.4. The predicted octanol–water partition coefficient (Wildman–Crippen LogP) is 0.647. The number of imidazole rings is 1. The summed E-state index contributed by atoms with van der Waals surface area (Å²) >= 11 is 0. The zero-order valence-corrected chi connectivity index (χ0v) is 9.14. The average Bonchev–Trinajstić information content (AvgIpc) is 2.84. The van der Waals surface area contributed by atoms with E-state index in [1.807, 2.05) is 11.5 Å². The second kappa shape index (κ2) is 4.71. The molecule has 1 fully saturated rings. The first kappa shape index (κ1) is 10.6. The molecule has 1 aromatic rings. The van der Waals surface area contributed by atoms with Crippen molar-refractivity contribution in [1.29, 1.82) is 0 Å². The van der Waals surface area contributed by atoms with Gasteiger partial charge in [0.1, 0.15) is 6.61 Å². The number of amides is 1. The molecule has 0 atom stereocenters. The molecule has 1 aliphatic rings. The van der Waals surface area contributed by atoms with Gasteiger partial charge in [0.2, 0.25) is 0 Å². The monoisotopic (exact) mass is 219 g/mol. The molecular formula is C11H13N3O2. The van der Waals surface area contributed by atoms with E-state index in [4.69, 9.17) is 4.74 Å². The van der Waals surface area contributed by atoms with E-state index in [9.17, 15) is 4.79 Å². The van der Waals surface area contributed by atoms with Crippen LogP contribution in [0.2, 0.25) is 0 Å². The fourth-order valence-corrected chi connectivity index (χ4v) is 1.41. The van der Waals surface area contributed by atoms with Gasteiger partial charge in [-0.3, -0.25) is 4.90 Å². The van der Waals surface area contributed by atoms with Crippen LogP contribution in [0.4, 0.5) is 4.79 Å². The van der Waals surface area contributed by atoms with Crippen molar-refractivity contribution in [2.45, 2.75) is 13.5 Å². The Hall–Kier alpha value is -1.96. The first-order chi connectivity index (χ1) is 7.77. The average molecular weight is 219 g/mol. The standard InChI is InChI=1S/C11H13N3O2/c1-10-8-12-9-14(10)5-3-2-4-13-6-7-16-11(13)15/h8-9H,4-7H2,1H3. The summed E-state index contributed by atoms with van der Waals surface area (Å²) in [4.78, 5) is 16.7. The molecule has 0 aliphatic carbocycles. The van der Waals surface area contributed by atoms with Crippen molar-refractivity contribution < 1.29 is 9.53 Å². The highest BCUT2D eigenvalue weighted by Crippen LogP contribution is 2.01. The second-order valence-electron chi connectivity index (χ2n) is 3.55. The van der Waals surface area contributed by atoms with Gasteiger partial charge in [0.05, 0.1) is 26.0 Å². The van der Waals surface area contributed by atoms with E-state index in [2.05, 4.69) is 16.8 Å². The number of cyclic esters (lactones) is 1. The van der Waals surface area contributed by atoms with Gasteiger partial charge in [0.25, 0.3) is 0 Å². The number of carbonyl (C=O) groups excluding carboxylic acids is 1. The minimum Gasteiger partial charge on any atom is -0.448 e. The third-order valence-corrected chi connectivity index (χ3v) is 2.41. The minimum atomic E-state index is -0.270. The lowest BCUT2D eigenvalue weighted by molar-refractivity contribution is 0.161. The van der Waals surface area contributed by atoms with Gasteiger partial charge in [-0.15, -0.1) is 0 Å². The lowest BCUT2D eigenvalue weighted by Gasteiger charge is -2.06. The highest BCUT2D eigenvalue weighted by molar-refractivity contribution is 5.69. The number of nitrogens with zero attached hydrogens (tertiary/aromatic N) is 3. The van der Waals surface area contributed by atoms with Crippen molar-refractivity contribution in [3.63, 3.8) is 0 Å². The third-order valence-electron chi connectivity index (χ3n) is 2.41. The van der Waals surface area contributed by atoms with E-state index < -0.39 is 0 Å². The Balaban J connectivity index is 1.82. The fourth-order valence-electron chi connectivity index (χ4n) is 1.41. The molecule has 1 amide bonds. The summed E-state index contributed by atoms with van der Waals surface area (Å²) in [7, 11) is 0. The van der Waals surface area contributed by atoms with Crippen molar-refractivity contribution in [1.82, 2.24) is 14.5 Å². The number of hydrogen-bond donors (Lipinski definition) is 0. The van der Waals surface area contributed by atoms with Crippen LogP contribution in [0.3, 0.4) is 0 Å². The Bertz CT molecular complexity index is 442. The Labute approximate surface area is 94.0 Å². The molecule has 5 heteroatoms. The highest BCUT2D eigenvalue weighted by Gasteiger charge is 2.19. The van der Waals surface area contributed by atoms with E-state index in [-0.39, 0.29) is 6.09 Å². The van der Waals surface area contributed by atoms with Crippen LogP contribution in [-0.4, -0.2) is 40.2 Å². The second-order valence-corrected chi connectivity index (χ2v) is 3.55. The Morgan fingerprint density at radius 2 is 2.31 bits per heavy atom. The van der Waals surface area contributed by atoms with E-state index >= 15 is 0 Å². The number of ether oxygens (including phenoxy) is 1. The lowest BCUT2D eigenvalue weighted by atomic mass is 10.4. The molecule has 1 saturated heterocycles. The predicted molar refractivity (Wildman–Crippen MR) is 57.7 cm³/mol. The van der Waals surface area contributed by atoms with Crippen LogP contribution in [-0.2, 0) is 11.3 Å². The van der Waals surface area contributed by atoms with Crippen LogP contribution in [0.1, 0.15) is 5.69 Å². The quantitative estimate of drug-likeness (QED) is 0.686. The topological polar surface area (TPSA) is 47.4 Å². The van der Waals surface area contributed by atoms with Crippen molar-refractivity contribution >= 4 is 6.09 Å². The summed E-state index contributed by atoms with van der Waals surface area (Å²) in [5, 5.41) is 0. The molecular weight excluding hydrogens is 206 g/mol. The SMILES string of the molecule is Cc1cncn1CC#CCN1CCOC1=O. The van der Waals surface area contributed by atoms with Crippen molar-refractivity contribution in [3.05, 3.63) is 18.2 Å². The molecule has 0 spiro atoms. The van der Waals surface area contributed by atoms with Crippen LogP contribution < -0.4 is 0 Å². The number of rotatable bonds is 2. The molecule has 2 rings (SSSR count). The largest absolute Gasteiger partial charge is 0.448 e. The Morgan fingerprint density at radius 1 is 1.50 bits per heavy atom. The molecule has 0 saturated carbocycles. The van der Waals surface area contributed by atoms with Crippen LogP contribution in [0.25, 0.3) is 0 Å². The van der Waals surface area contributed by atoms with Gasteiger partial charge in [-0.1, -0.05) is 11.8 Å². The number of aryl methyl sites for hydroxylation is 1. The van der Waals surface area contributed by atoms with E-state index in [1.165, 1.54) is 0 Å². The maximum absolute atomic E-state index is 11.1. The maximum atomic E-state index is 11.1. The van der Waals surface area contributed by atoms with Crippen molar-refractivity contribution in [3.8, 4) is 11.8 Å². The Kier molecular flexibility index (Phi) is 3.10. The molecule has 84 valence electrons. The summed E-state index contributed by atoms with van der Waals surface area (Å²) < 4.78 is 6.75. The van der Waals surface area contributed by atoms with Gasteiger partial charge in [-0.05, 0) is 6.92 Å². The summed E-state index contributed by atoms with van der Waals surface area (Å²) in [6.07, 6.45) is 3.27. The molecule has 1 aromatic heterocycles. The first-order valence-electron chi connectivity index (χ1n) is 5.11. The lowest BCUT2D eigenvalue weighted by Crippen LogP contribution is -2.24. The van der Waals surface area contributed by atoms with E-state index in [1.54, 1.807) is 17.4 Å². The van der Waals surface area contributed by atoms with Gasteiger partial charge in [0, 0.05) is 11.9 Å². The minimum absolute atomic E-state index is 0.270. The third kappa shape index (κ3) is 2.34. The van der Waals surface area contributed by atoms with Gasteiger partial charge in [0.15, 0.2) is 0 Å². The molecule has 2 heterocycles.